The van der Waals surface area contributed by atoms with Crippen molar-refractivity contribution in [2.75, 3.05) is 37.0 Å². The Morgan fingerprint density at radius 3 is 2.64 bits per heavy atom. The van der Waals surface area contributed by atoms with Gasteiger partial charge in [-0.15, -0.1) is 0 Å². The predicted molar refractivity (Wildman–Crippen MR) is 127 cm³/mol. The average Bonchev–Trinajstić information content (AvgIpc) is 2.89. The average molecular weight is 445 g/mol. The van der Waals surface area contributed by atoms with Crippen molar-refractivity contribution < 1.29 is 9.53 Å². The summed E-state index contributed by atoms with van der Waals surface area (Å²) in [6, 6.07) is 11.2. The monoisotopic (exact) mass is 444 g/mol. The number of piperidine rings is 1. The Kier molecular flexibility index (Phi) is 6.06. The second kappa shape index (κ2) is 9.44. The summed E-state index contributed by atoms with van der Waals surface area (Å²) < 4.78 is 5.27. The molecule has 8 nitrogen and oxygen atoms in total. The van der Waals surface area contributed by atoms with Crippen molar-refractivity contribution in [1.29, 1.82) is 0 Å². The molecule has 0 radical (unpaired) electrons. The Bertz CT molecular complexity index is 1130. The maximum atomic E-state index is 13.1. The number of anilines is 2. The number of amides is 2. The molecule has 0 spiro atoms. The van der Waals surface area contributed by atoms with E-state index in [1.165, 1.54) is 6.42 Å². The number of pyridine rings is 1. The molecule has 0 atom stereocenters. The number of aromatic nitrogens is 3. The number of hydrogen-bond donors (Lipinski definition) is 1. The van der Waals surface area contributed by atoms with Gasteiger partial charge in [-0.1, -0.05) is 6.07 Å². The third kappa shape index (κ3) is 4.60. The first kappa shape index (κ1) is 21.2. The fraction of sp³-hybridized carbons (Fsp3) is 0.360. The molecule has 0 bridgehead atoms. The third-order valence-corrected chi connectivity index (χ3v) is 6.24. The molecule has 1 fully saturated rings. The van der Waals surface area contributed by atoms with Crippen LogP contribution in [-0.4, -0.2) is 52.6 Å². The first-order valence-electron chi connectivity index (χ1n) is 11.5. The molecule has 2 aliphatic rings. The van der Waals surface area contributed by atoms with Gasteiger partial charge < -0.3 is 19.9 Å². The summed E-state index contributed by atoms with van der Waals surface area (Å²) in [6.07, 6.45) is 7.79. The lowest BCUT2D eigenvalue weighted by Crippen LogP contribution is -2.41. The maximum absolute atomic E-state index is 13.1. The summed E-state index contributed by atoms with van der Waals surface area (Å²) in [5, 5.41) is 3.00. The van der Waals surface area contributed by atoms with E-state index in [4.69, 9.17) is 14.7 Å². The normalized spacial score (nSPS) is 15.7. The number of carbonyl (C=O) groups is 1. The number of urea groups is 1. The fourth-order valence-electron chi connectivity index (χ4n) is 4.47. The van der Waals surface area contributed by atoms with Gasteiger partial charge in [0, 0.05) is 61.3 Å². The van der Waals surface area contributed by atoms with Crippen LogP contribution < -0.4 is 15.0 Å². The topological polar surface area (TPSA) is 83.5 Å². The molecule has 1 N–H and O–H groups in total. The zero-order valence-corrected chi connectivity index (χ0v) is 18.8. The van der Waals surface area contributed by atoms with Crippen molar-refractivity contribution in [2.24, 2.45) is 0 Å². The van der Waals surface area contributed by atoms with Crippen molar-refractivity contribution in [2.45, 2.75) is 32.2 Å². The molecule has 33 heavy (non-hydrogen) atoms. The second-order valence-electron chi connectivity index (χ2n) is 8.41. The van der Waals surface area contributed by atoms with Crippen LogP contribution in [-0.2, 0) is 13.0 Å². The van der Waals surface area contributed by atoms with Crippen LogP contribution in [0.25, 0.3) is 11.4 Å². The van der Waals surface area contributed by atoms with Crippen LogP contribution in [0.2, 0.25) is 0 Å². The second-order valence-corrected chi connectivity index (χ2v) is 8.41. The number of hydrogen-bond acceptors (Lipinski definition) is 6. The number of rotatable bonds is 4. The Morgan fingerprint density at radius 2 is 1.85 bits per heavy atom. The van der Waals surface area contributed by atoms with Gasteiger partial charge in [0.15, 0.2) is 5.82 Å². The number of carbonyl (C=O) groups excluding carboxylic acids is 1. The minimum absolute atomic E-state index is 0.128. The SMILES string of the molecule is COc1cccc(NC(=O)N2CCc3nc(-c4ccncc4)nc(N4CCCCC4)c3C2)c1. The van der Waals surface area contributed by atoms with Crippen LogP contribution >= 0.6 is 0 Å². The highest BCUT2D eigenvalue weighted by atomic mass is 16.5. The summed E-state index contributed by atoms with van der Waals surface area (Å²) >= 11 is 0. The number of fused-ring (bicyclic) bond motifs is 1. The number of nitrogens with zero attached hydrogens (tertiary/aromatic N) is 5. The van der Waals surface area contributed by atoms with E-state index in [-0.39, 0.29) is 6.03 Å². The van der Waals surface area contributed by atoms with Gasteiger partial charge in [-0.2, -0.15) is 0 Å². The number of ether oxygens (including phenoxy) is 1. The molecular formula is C25H28N6O2. The molecule has 0 unspecified atom stereocenters. The summed E-state index contributed by atoms with van der Waals surface area (Å²) in [5.74, 6) is 2.40. The van der Waals surface area contributed by atoms with E-state index < -0.39 is 0 Å². The molecule has 8 heteroatoms. The highest BCUT2D eigenvalue weighted by Gasteiger charge is 2.28. The summed E-state index contributed by atoms with van der Waals surface area (Å²) in [4.78, 5) is 31.3. The van der Waals surface area contributed by atoms with Gasteiger partial charge in [0.2, 0.25) is 0 Å². The Hall–Kier alpha value is -3.68. The Balaban J connectivity index is 1.43. The van der Waals surface area contributed by atoms with Gasteiger partial charge in [-0.25, -0.2) is 14.8 Å². The molecule has 4 heterocycles. The molecule has 0 aliphatic carbocycles. The van der Waals surface area contributed by atoms with Crippen molar-refractivity contribution in [3.8, 4) is 17.1 Å². The molecule has 1 aromatic carbocycles. The lowest BCUT2D eigenvalue weighted by Gasteiger charge is -2.34. The van der Waals surface area contributed by atoms with Crippen LogP contribution in [0.4, 0.5) is 16.3 Å². The smallest absolute Gasteiger partial charge is 0.322 e. The molecule has 170 valence electrons. The van der Waals surface area contributed by atoms with Gasteiger partial charge in [0.1, 0.15) is 11.6 Å². The molecule has 2 aromatic heterocycles. The zero-order chi connectivity index (χ0) is 22.6. The predicted octanol–water partition coefficient (Wildman–Crippen LogP) is 4.13. The Morgan fingerprint density at radius 1 is 1.03 bits per heavy atom. The highest BCUT2D eigenvalue weighted by molar-refractivity contribution is 5.89. The molecule has 1 saturated heterocycles. The van der Waals surface area contributed by atoms with Gasteiger partial charge >= 0.3 is 6.03 Å². The van der Waals surface area contributed by atoms with E-state index >= 15 is 0 Å². The quantitative estimate of drug-likeness (QED) is 0.652. The largest absolute Gasteiger partial charge is 0.497 e. The van der Waals surface area contributed by atoms with Crippen LogP contribution in [0.15, 0.2) is 48.8 Å². The van der Waals surface area contributed by atoms with E-state index in [2.05, 4.69) is 15.2 Å². The van der Waals surface area contributed by atoms with Gasteiger partial charge in [0.25, 0.3) is 0 Å². The van der Waals surface area contributed by atoms with Gasteiger partial charge in [-0.3, -0.25) is 4.98 Å². The van der Waals surface area contributed by atoms with Crippen molar-refractivity contribution in [3.63, 3.8) is 0 Å². The number of methoxy groups -OCH3 is 1. The number of nitrogens with one attached hydrogen (secondary N) is 1. The first-order chi connectivity index (χ1) is 16.2. The molecular weight excluding hydrogens is 416 g/mol. The lowest BCUT2D eigenvalue weighted by molar-refractivity contribution is 0.206. The summed E-state index contributed by atoms with van der Waals surface area (Å²) in [6.45, 7) is 3.06. The first-order valence-corrected chi connectivity index (χ1v) is 11.5. The van der Waals surface area contributed by atoms with Crippen LogP contribution in [0.5, 0.6) is 5.75 Å². The van der Waals surface area contributed by atoms with E-state index in [1.54, 1.807) is 19.5 Å². The maximum Gasteiger partial charge on any atom is 0.322 e. The minimum Gasteiger partial charge on any atom is -0.497 e. The molecule has 5 rings (SSSR count). The van der Waals surface area contributed by atoms with Crippen LogP contribution in [0.1, 0.15) is 30.5 Å². The van der Waals surface area contributed by atoms with E-state index in [1.807, 2.05) is 41.3 Å². The molecule has 2 amide bonds. The summed E-state index contributed by atoms with van der Waals surface area (Å²) in [7, 11) is 1.62. The molecule has 3 aromatic rings. The minimum atomic E-state index is -0.128. The van der Waals surface area contributed by atoms with Crippen LogP contribution in [0.3, 0.4) is 0 Å². The van der Waals surface area contributed by atoms with E-state index in [0.717, 1.165) is 54.4 Å². The molecule has 2 aliphatic heterocycles. The van der Waals surface area contributed by atoms with Gasteiger partial charge in [-0.05, 0) is 43.5 Å². The van der Waals surface area contributed by atoms with E-state index in [9.17, 15) is 4.79 Å². The van der Waals surface area contributed by atoms with Gasteiger partial charge in [0.05, 0.1) is 19.3 Å². The third-order valence-electron chi connectivity index (χ3n) is 6.24. The zero-order valence-electron chi connectivity index (χ0n) is 18.8. The van der Waals surface area contributed by atoms with Crippen molar-refractivity contribution in [1.82, 2.24) is 19.9 Å². The lowest BCUT2D eigenvalue weighted by atomic mass is 10.0. The van der Waals surface area contributed by atoms with E-state index in [0.29, 0.717) is 30.9 Å². The fourth-order valence-corrected chi connectivity index (χ4v) is 4.47. The van der Waals surface area contributed by atoms with Crippen molar-refractivity contribution >= 4 is 17.5 Å². The molecule has 0 saturated carbocycles. The van der Waals surface area contributed by atoms with Crippen LogP contribution in [0, 0.1) is 0 Å². The number of benzene rings is 1. The Labute approximate surface area is 193 Å². The highest BCUT2D eigenvalue weighted by Crippen LogP contribution is 2.31. The van der Waals surface area contributed by atoms with Crippen molar-refractivity contribution in [3.05, 3.63) is 60.0 Å². The standard InChI is InChI=1S/C25H28N6O2/c1-33-20-7-5-6-19(16-20)27-25(32)31-15-10-22-21(17-31)24(30-13-3-2-4-14-30)29-23(28-22)18-8-11-26-12-9-18/h5-9,11-12,16H,2-4,10,13-15,17H2,1H3,(H,27,32). The summed E-state index contributed by atoms with van der Waals surface area (Å²) in [5.41, 5.74) is 3.76.